The van der Waals surface area contributed by atoms with Crippen molar-refractivity contribution in [3.63, 3.8) is 0 Å². The number of rotatable bonds is 3. The zero-order valence-corrected chi connectivity index (χ0v) is 13.4. The van der Waals surface area contributed by atoms with Crippen molar-refractivity contribution < 1.29 is 16.7 Å². The molecule has 0 spiro atoms. The third-order valence-electron chi connectivity index (χ3n) is 2.82. The van der Waals surface area contributed by atoms with E-state index in [1.165, 1.54) is 11.1 Å². The second-order valence-corrected chi connectivity index (χ2v) is 22.5. The van der Waals surface area contributed by atoms with Gasteiger partial charge in [-0.15, -0.1) is 0 Å². The van der Waals surface area contributed by atoms with Crippen molar-refractivity contribution in [1.82, 2.24) is 0 Å². The summed E-state index contributed by atoms with van der Waals surface area (Å²) < 4.78 is -0.232. The van der Waals surface area contributed by atoms with Crippen LogP contribution < -0.4 is 0 Å². The first-order valence-corrected chi connectivity index (χ1v) is 15.5. The van der Waals surface area contributed by atoms with Crippen LogP contribution in [-0.2, 0) is 16.7 Å². The van der Waals surface area contributed by atoms with Crippen LogP contribution in [0.3, 0.4) is 0 Å². The first-order chi connectivity index (χ1) is 6.31. The molecule has 0 amide bonds. The van der Waals surface area contributed by atoms with E-state index in [9.17, 15) is 0 Å². The van der Waals surface area contributed by atoms with Gasteiger partial charge in [-0.3, -0.25) is 0 Å². The summed E-state index contributed by atoms with van der Waals surface area (Å²) in [5.74, 6) is 0. The van der Waals surface area contributed by atoms with Gasteiger partial charge in [0.1, 0.15) is 0 Å². The number of allylic oxidation sites excluding steroid dienone is 4. The topological polar surface area (TPSA) is 0 Å². The van der Waals surface area contributed by atoms with Crippen molar-refractivity contribution in [2.45, 2.75) is 36.7 Å². The average Bonchev–Trinajstić information content (AvgIpc) is 2.28. The van der Waals surface area contributed by atoms with Crippen LogP contribution in [0.5, 0.6) is 0 Å². The second-order valence-electron chi connectivity index (χ2n) is 4.00. The van der Waals surface area contributed by atoms with Gasteiger partial charge in [-0.1, -0.05) is 0 Å². The van der Waals surface area contributed by atoms with Gasteiger partial charge < -0.3 is 0 Å². The van der Waals surface area contributed by atoms with Crippen molar-refractivity contribution in [3.8, 4) is 0 Å². The normalized spacial score (nSPS) is 27.6. The van der Waals surface area contributed by atoms with Gasteiger partial charge >= 0.3 is 102 Å². The molecule has 0 fully saturated rings. The Balaban J connectivity index is 2.99. The minimum absolute atomic E-state index is 0.232. The molecule has 1 atom stereocenters. The summed E-state index contributed by atoms with van der Waals surface area (Å²) in [6, 6.07) is 0. The molecule has 1 rings (SSSR count). The molecule has 0 radical (unpaired) electrons. The van der Waals surface area contributed by atoms with Gasteiger partial charge in [-0.2, -0.15) is 0 Å². The van der Waals surface area contributed by atoms with Crippen LogP contribution in [0, 0.1) is 0 Å². The van der Waals surface area contributed by atoms with E-state index in [0.717, 1.165) is 12.8 Å². The molecule has 1 aliphatic rings. The molecule has 0 aromatic carbocycles. The predicted molar refractivity (Wildman–Crippen MR) is 62.7 cm³/mol. The Morgan fingerprint density at radius 1 is 1.36 bits per heavy atom. The summed E-state index contributed by atoms with van der Waals surface area (Å²) in [5, 5.41) is 0. The molecule has 4 heteroatoms. The van der Waals surface area contributed by atoms with Gasteiger partial charge in [0.2, 0.25) is 0 Å². The van der Waals surface area contributed by atoms with Crippen LogP contribution in [0.2, 0.25) is 3.12 Å². The van der Waals surface area contributed by atoms with E-state index < -0.39 is 16.7 Å². The average molecular weight is 333 g/mol. The summed E-state index contributed by atoms with van der Waals surface area (Å²) in [5.41, 5.74) is 2.55. The first-order valence-electron chi connectivity index (χ1n) is 4.78. The molecule has 0 nitrogen and oxygen atoms in total. The second kappa shape index (κ2) is 4.62. The molecule has 0 aliphatic heterocycles. The number of hydrogen-bond donors (Lipinski definition) is 0. The standard InChI is InChI=1S/C10H15.3ClH.Zr/c1-4-5-10-6-8(2)9(3)7-10;;;;/h6-7H,4-5H2,1-3H3;3*1H;/q;;;;+3/p-3. The first kappa shape index (κ1) is 13.3. The van der Waals surface area contributed by atoms with Crippen LogP contribution in [-0.4, -0.2) is 0 Å². The molecule has 0 heterocycles. The molecular weight excluding hydrogens is 318 g/mol. The van der Waals surface area contributed by atoms with E-state index in [1.807, 2.05) is 0 Å². The molecule has 0 N–H and O–H groups in total. The Kier molecular flexibility index (Phi) is 4.39. The van der Waals surface area contributed by atoms with Crippen molar-refractivity contribution in [2.75, 3.05) is 0 Å². The Hall–Kier alpha value is 1.23. The van der Waals surface area contributed by atoms with Gasteiger partial charge in [0.15, 0.2) is 0 Å². The van der Waals surface area contributed by atoms with E-state index >= 15 is 0 Å². The van der Waals surface area contributed by atoms with E-state index in [0.29, 0.717) is 0 Å². The van der Waals surface area contributed by atoms with Crippen LogP contribution >= 0.6 is 25.5 Å². The fourth-order valence-electron chi connectivity index (χ4n) is 1.69. The molecule has 0 aromatic heterocycles. The summed E-state index contributed by atoms with van der Waals surface area (Å²) in [4.78, 5) is 0. The molecule has 14 heavy (non-hydrogen) atoms. The van der Waals surface area contributed by atoms with Gasteiger partial charge in [-0.25, -0.2) is 0 Å². The van der Waals surface area contributed by atoms with Crippen molar-refractivity contribution in [3.05, 3.63) is 23.3 Å². The number of halogens is 3. The van der Waals surface area contributed by atoms with Crippen LogP contribution in [0.15, 0.2) is 23.3 Å². The van der Waals surface area contributed by atoms with Crippen LogP contribution in [0.1, 0.15) is 33.6 Å². The third-order valence-corrected chi connectivity index (χ3v) is 14.0. The van der Waals surface area contributed by atoms with Crippen LogP contribution in [0.4, 0.5) is 0 Å². The van der Waals surface area contributed by atoms with E-state index in [4.69, 9.17) is 25.5 Å². The zero-order chi connectivity index (χ0) is 11.0. The van der Waals surface area contributed by atoms with E-state index in [2.05, 4.69) is 32.9 Å². The van der Waals surface area contributed by atoms with Gasteiger partial charge in [-0.05, 0) is 0 Å². The maximum atomic E-state index is 6.20. The minimum atomic E-state index is -3.45. The molecule has 1 unspecified atom stereocenters. The predicted octanol–water partition coefficient (Wildman–Crippen LogP) is 5.47. The molecule has 0 aromatic rings. The molecule has 0 bridgehead atoms. The summed E-state index contributed by atoms with van der Waals surface area (Å²) in [6.45, 7) is 6.29. The van der Waals surface area contributed by atoms with Crippen molar-refractivity contribution in [1.29, 1.82) is 0 Å². The van der Waals surface area contributed by atoms with Gasteiger partial charge in [0.25, 0.3) is 0 Å². The number of hydrogen-bond acceptors (Lipinski definition) is 0. The van der Waals surface area contributed by atoms with Crippen molar-refractivity contribution in [2.24, 2.45) is 0 Å². The molecule has 0 saturated carbocycles. The summed E-state index contributed by atoms with van der Waals surface area (Å²) in [7, 11) is 18.6. The Labute approximate surface area is 101 Å². The Morgan fingerprint density at radius 3 is 2.29 bits per heavy atom. The maximum absolute atomic E-state index is 6.20. The quantitative estimate of drug-likeness (QED) is 0.643. The van der Waals surface area contributed by atoms with Gasteiger partial charge in [0.05, 0.1) is 0 Å². The van der Waals surface area contributed by atoms with Crippen molar-refractivity contribution >= 4 is 25.5 Å². The fraction of sp³-hybridized carbons (Fsp3) is 0.600. The SMILES string of the molecule is CCCC1=C[C](C)([Zr]([Cl])([Cl])[Cl])C(C)=C1. The monoisotopic (exact) mass is 330 g/mol. The van der Waals surface area contributed by atoms with E-state index in [-0.39, 0.29) is 3.12 Å². The van der Waals surface area contributed by atoms with E-state index in [1.54, 1.807) is 0 Å². The zero-order valence-electron chi connectivity index (χ0n) is 8.70. The summed E-state index contributed by atoms with van der Waals surface area (Å²) >= 11 is -3.45. The third kappa shape index (κ3) is 2.48. The van der Waals surface area contributed by atoms with Crippen LogP contribution in [0.25, 0.3) is 0 Å². The molecular formula is C10H15Cl3Zr. The molecule has 1 aliphatic carbocycles. The molecule has 0 saturated heterocycles. The summed E-state index contributed by atoms with van der Waals surface area (Å²) in [6.07, 6.45) is 6.58. The Bertz CT molecular complexity index is 288. The molecule has 80 valence electrons. The fourth-order valence-corrected chi connectivity index (χ4v) is 7.44. The van der Waals surface area contributed by atoms with Gasteiger partial charge in [0, 0.05) is 0 Å². The Morgan fingerprint density at radius 2 is 1.93 bits per heavy atom.